The van der Waals surface area contributed by atoms with Gasteiger partial charge in [-0.1, -0.05) is 13.3 Å². The molecule has 1 aliphatic heterocycles. The molecule has 0 saturated carbocycles. The lowest BCUT2D eigenvalue weighted by Crippen LogP contribution is -2.37. The van der Waals surface area contributed by atoms with Crippen LogP contribution in [0.3, 0.4) is 0 Å². The Morgan fingerprint density at radius 2 is 2.17 bits per heavy atom. The van der Waals surface area contributed by atoms with E-state index in [2.05, 4.69) is 48.5 Å². The molecule has 0 aliphatic carbocycles. The lowest BCUT2D eigenvalue weighted by molar-refractivity contribution is 0.254. The van der Waals surface area contributed by atoms with Crippen LogP contribution in [0.5, 0.6) is 11.5 Å². The average Bonchev–Trinajstić information content (AvgIpc) is 2.90. The van der Waals surface area contributed by atoms with Crippen LogP contribution in [0.1, 0.15) is 44.7 Å². The zero-order valence-electron chi connectivity index (χ0n) is 14.7. The van der Waals surface area contributed by atoms with Gasteiger partial charge in [-0.05, 0) is 32.4 Å². The van der Waals surface area contributed by atoms with Gasteiger partial charge >= 0.3 is 0 Å². The van der Waals surface area contributed by atoms with E-state index in [9.17, 15) is 0 Å². The molecule has 5 nitrogen and oxygen atoms in total. The Labute approximate surface area is 139 Å². The third-order valence-corrected chi connectivity index (χ3v) is 3.87. The summed E-state index contributed by atoms with van der Waals surface area (Å²) in [4.78, 5) is 4.67. The smallest absolute Gasteiger partial charge is 0.191 e. The molecule has 1 unspecified atom stereocenters. The fraction of sp³-hybridized carbons (Fsp3) is 0.611. The van der Waals surface area contributed by atoms with Crippen molar-refractivity contribution in [2.24, 2.45) is 4.99 Å². The highest BCUT2D eigenvalue weighted by atomic mass is 16.5. The van der Waals surface area contributed by atoms with Gasteiger partial charge in [0.25, 0.3) is 0 Å². The molecule has 1 aromatic rings. The molecule has 0 amide bonds. The number of aliphatic imine (C=N–C) groups is 1. The molecule has 0 fully saturated rings. The van der Waals surface area contributed by atoms with E-state index in [1.165, 1.54) is 12.0 Å². The summed E-state index contributed by atoms with van der Waals surface area (Å²) in [6.07, 6.45) is 3.48. The number of rotatable bonds is 7. The third-order valence-electron chi connectivity index (χ3n) is 3.87. The van der Waals surface area contributed by atoms with E-state index >= 15 is 0 Å². The van der Waals surface area contributed by atoms with Gasteiger partial charge in [0.15, 0.2) is 5.96 Å². The minimum absolute atomic E-state index is 0.237. The van der Waals surface area contributed by atoms with Crippen molar-refractivity contribution in [3.05, 3.63) is 23.3 Å². The number of hydrogen-bond acceptors (Lipinski definition) is 3. The molecule has 1 aromatic carbocycles. The van der Waals surface area contributed by atoms with E-state index in [1.54, 1.807) is 7.11 Å². The van der Waals surface area contributed by atoms with E-state index in [4.69, 9.17) is 9.47 Å². The van der Waals surface area contributed by atoms with Crippen molar-refractivity contribution in [2.45, 2.75) is 52.7 Å². The molecular formula is C18H29N3O2. The number of ether oxygens (including phenoxy) is 2. The van der Waals surface area contributed by atoms with Gasteiger partial charge in [-0.2, -0.15) is 0 Å². The minimum Gasteiger partial charge on any atom is -0.496 e. The molecule has 128 valence electrons. The Kier molecular flexibility index (Phi) is 6.56. The largest absolute Gasteiger partial charge is 0.496 e. The monoisotopic (exact) mass is 319 g/mol. The molecule has 0 aromatic heterocycles. The molecule has 0 saturated heterocycles. The zero-order valence-corrected chi connectivity index (χ0v) is 14.7. The van der Waals surface area contributed by atoms with E-state index in [0.29, 0.717) is 6.54 Å². The van der Waals surface area contributed by atoms with E-state index in [-0.39, 0.29) is 6.10 Å². The first-order valence-corrected chi connectivity index (χ1v) is 8.56. The van der Waals surface area contributed by atoms with Gasteiger partial charge < -0.3 is 20.1 Å². The van der Waals surface area contributed by atoms with Crippen molar-refractivity contribution in [3.8, 4) is 11.5 Å². The molecule has 5 heteroatoms. The van der Waals surface area contributed by atoms with Crippen LogP contribution in [0, 0.1) is 0 Å². The summed E-state index contributed by atoms with van der Waals surface area (Å²) in [7, 11) is 1.71. The quantitative estimate of drug-likeness (QED) is 0.461. The number of hydrogen-bond donors (Lipinski definition) is 2. The highest BCUT2D eigenvalue weighted by molar-refractivity contribution is 5.79. The average molecular weight is 319 g/mol. The maximum atomic E-state index is 5.85. The van der Waals surface area contributed by atoms with Crippen LogP contribution in [0.15, 0.2) is 17.1 Å². The lowest BCUT2D eigenvalue weighted by Gasteiger charge is -2.13. The Morgan fingerprint density at radius 3 is 2.87 bits per heavy atom. The Balaban J connectivity index is 2.11. The second kappa shape index (κ2) is 8.65. The van der Waals surface area contributed by atoms with Crippen LogP contribution in [0.25, 0.3) is 0 Å². The first-order valence-electron chi connectivity index (χ1n) is 8.56. The van der Waals surface area contributed by atoms with Crippen LogP contribution >= 0.6 is 0 Å². The van der Waals surface area contributed by atoms with Crippen molar-refractivity contribution < 1.29 is 9.47 Å². The number of nitrogens with one attached hydrogen (secondary N) is 2. The molecule has 2 N–H and O–H groups in total. The summed E-state index contributed by atoms with van der Waals surface area (Å²) in [5.41, 5.74) is 2.27. The topological polar surface area (TPSA) is 54.9 Å². The van der Waals surface area contributed by atoms with Crippen molar-refractivity contribution in [3.63, 3.8) is 0 Å². The van der Waals surface area contributed by atoms with Gasteiger partial charge in [0.1, 0.15) is 17.6 Å². The minimum atomic E-state index is 0.237. The standard InChI is InChI=1S/C18H29N3O2/c1-5-7-8-20-18(19-6-2)21-12-15-11-17-14(9-13(3)23-17)10-16(15)22-4/h10-11,13H,5-9,12H2,1-4H3,(H2,19,20,21). The van der Waals surface area contributed by atoms with E-state index in [0.717, 1.165) is 49.0 Å². The van der Waals surface area contributed by atoms with Gasteiger partial charge in [-0.25, -0.2) is 4.99 Å². The molecule has 0 radical (unpaired) electrons. The van der Waals surface area contributed by atoms with Crippen LogP contribution in [-0.2, 0) is 13.0 Å². The number of guanidine groups is 1. The van der Waals surface area contributed by atoms with Crippen LogP contribution in [0.4, 0.5) is 0 Å². The molecular weight excluding hydrogens is 290 g/mol. The summed E-state index contributed by atoms with van der Waals surface area (Å²) in [6, 6.07) is 4.15. The molecule has 1 aliphatic rings. The number of methoxy groups -OCH3 is 1. The van der Waals surface area contributed by atoms with Crippen molar-refractivity contribution >= 4 is 5.96 Å². The van der Waals surface area contributed by atoms with Crippen molar-refractivity contribution in [2.75, 3.05) is 20.2 Å². The van der Waals surface area contributed by atoms with Gasteiger partial charge in [-0.15, -0.1) is 0 Å². The van der Waals surface area contributed by atoms with Gasteiger partial charge in [0.05, 0.1) is 13.7 Å². The normalized spacial score (nSPS) is 16.7. The number of nitrogens with zero attached hydrogens (tertiary/aromatic N) is 1. The maximum Gasteiger partial charge on any atom is 0.191 e. The third kappa shape index (κ3) is 4.78. The summed E-state index contributed by atoms with van der Waals surface area (Å²) in [6.45, 7) is 8.69. The molecule has 2 rings (SSSR count). The van der Waals surface area contributed by atoms with Crippen molar-refractivity contribution in [1.82, 2.24) is 10.6 Å². The summed E-state index contributed by atoms with van der Waals surface area (Å²) in [5.74, 6) is 2.69. The second-order valence-electron chi connectivity index (χ2n) is 5.88. The van der Waals surface area contributed by atoms with Gasteiger partial charge in [0.2, 0.25) is 0 Å². The van der Waals surface area contributed by atoms with E-state index < -0.39 is 0 Å². The number of benzene rings is 1. The maximum absolute atomic E-state index is 5.85. The SMILES string of the molecule is CCCCNC(=NCc1cc2c(cc1OC)CC(C)O2)NCC. The predicted molar refractivity (Wildman–Crippen MR) is 94.5 cm³/mol. The Bertz CT molecular complexity index is 543. The predicted octanol–water partition coefficient (Wildman–Crippen LogP) is 2.87. The Morgan fingerprint density at radius 1 is 1.35 bits per heavy atom. The highest BCUT2D eigenvalue weighted by Gasteiger charge is 2.21. The molecule has 1 heterocycles. The molecule has 0 spiro atoms. The fourth-order valence-electron chi connectivity index (χ4n) is 2.68. The van der Waals surface area contributed by atoms with Crippen LogP contribution in [-0.4, -0.2) is 32.3 Å². The summed E-state index contributed by atoms with van der Waals surface area (Å²) in [5, 5.41) is 6.63. The number of fused-ring (bicyclic) bond motifs is 1. The Hall–Kier alpha value is -1.91. The van der Waals surface area contributed by atoms with Gasteiger partial charge in [0, 0.05) is 30.6 Å². The summed E-state index contributed by atoms with van der Waals surface area (Å²) < 4.78 is 11.4. The van der Waals surface area contributed by atoms with E-state index in [1.807, 2.05) is 0 Å². The molecule has 0 bridgehead atoms. The van der Waals surface area contributed by atoms with Gasteiger partial charge in [-0.3, -0.25) is 0 Å². The lowest BCUT2D eigenvalue weighted by atomic mass is 10.1. The molecule has 1 atom stereocenters. The van der Waals surface area contributed by atoms with Crippen LogP contribution in [0.2, 0.25) is 0 Å². The molecule has 23 heavy (non-hydrogen) atoms. The summed E-state index contributed by atoms with van der Waals surface area (Å²) >= 11 is 0. The van der Waals surface area contributed by atoms with Crippen LogP contribution < -0.4 is 20.1 Å². The number of unbranched alkanes of at least 4 members (excludes halogenated alkanes) is 1. The zero-order chi connectivity index (χ0) is 16.7. The van der Waals surface area contributed by atoms with Crippen molar-refractivity contribution in [1.29, 1.82) is 0 Å². The fourth-order valence-corrected chi connectivity index (χ4v) is 2.68. The first kappa shape index (κ1) is 17.4. The second-order valence-corrected chi connectivity index (χ2v) is 5.88. The first-order chi connectivity index (χ1) is 11.2. The highest BCUT2D eigenvalue weighted by Crippen LogP contribution is 2.35.